The third kappa shape index (κ3) is 4.67. The zero-order valence-corrected chi connectivity index (χ0v) is 15.9. The Hall–Kier alpha value is -2.38. The summed E-state index contributed by atoms with van der Waals surface area (Å²) in [4.78, 5) is 17.8. The van der Waals surface area contributed by atoms with E-state index in [1.54, 1.807) is 0 Å². The zero-order chi connectivity index (χ0) is 19.6. The molecule has 6 nitrogen and oxygen atoms in total. The van der Waals surface area contributed by atoms with Crippen molar-refractivity contribution in [3.8, 4) is 0 Å². The molecule has 1 fully saturated rings. The lowest BCUT2D eigenvalue weighted by Gasteiger charge is -2.33. The summed E-state index contributed by atoms with van der Waals surface area (Å²) in [5.74, 6) is 1.17. The highest BCUT2D eigenvalue weighted by Crippen LogP contribution is 2.25. The molecule has 0 amide bonds. The van der Waals surface area contributed by atoms with Gasteiger partial charge in [-0.3, -0.25) is 9.36 Å². The Morgan fingerprint density at radius 2 is 1.89 bits per heavy atom. The second-order valence-corrected chi connectivity index (χ2v) is 8.06. The Kier molecular flexibility index (Phi) is 5.53. The fourth-order valence-electron chi connectivity index (χ4n) is 3.21. The molecule has 0 aromatic carbocycles. The average Bonchev–Trinajstić information content (AvgIpc) is 2.63. The van der Waals surface area contributed by atoms with Crippen LogP contribution in [0.4, 0.5) is 14.6 Å². The van der Waals surface area contributed by atoms with Crippen molar-refractivity contribution >= 4 is 5.82 Å². The minimum Gasteiger partial charge on any atom is -0.355 e. The van der Waals surface area contributed by atoms with Crippen molar-refractivity contribution in [2.75, 3.05) is 18.0 Å². The lowest BCUT2D eigenvalue weighted by Crippen LogP contribution is -2.37. The Morgan fingerprint density at radius 1 is 1.19 bits per heavy atom. The van der Waals surface area contributed by atoms with E-state index in [0.29, 0.717) is 12.5 Å². The molecule has 146 valence electrons. The van der Waals surface area contributed by atoms with Crippen molar-refractivity contribution < 1.29 is 8.78 Å². The maximum atomic E-state index is 12.6. The van der Waals surface area contributed by atoms with Crippen LogP contribution in [0, 0.1) is 5.92 Å². The molecule has 8 heteroatoms. The number of anilines is 1. The predicted molar refractivity (Wildman–Crippen MR) is 99.1 cm³/mol. The fraction of sp³-hybridized carbons (Fsp3) is 0.579. The van der Waals surface area contributed by atoms with Crippen LogP contribution in [0.5, 0.6) is 0 Å². The van der Waals surface area contributed by atoms with Gasteiger partial charge < -0.3 is 4.90 Å². The van der Waals surface area contributed by atoms with Crippen LogP contribution in [0.3, 0.4) is 0 Å². The molecule has 1 aliphatic heterocycles. The molecule has 0 atom stereocenters. The second-order valence-electron chi connectivity index (χ2n) is 8.06. The van der Waals surface area contributed by atoms with Gasteiger partial charge in [0.05, 0.1) is 12.0 Å². The van der Waals surface area contributed by atoms with Gasteiger partial charge >= 0.3 is 0 Å². The van der Waals surface area contributed by atoms with E-state index < -0.39 is 17.7 Å². The van der Waals surface area contributed by atoms with Crippen molar-refractivity contribution in [3.05, 3.63) is 46.3 Å². The van der Waals surface area contributed by atoms with Gasteiger partial charge in [-0.1, -0.05) is 20.8 Å². The first kappa shape index (κ1) is 19.4. The van der Waals surface area contributed by atoms with Crippen LogP contribution in [0.2, 0.25) is 0 Å². The van der Waals surface area contributed by atoms with Gasteiger partial charge in [0.15, 0.2) is 5.82 Å². The minimum atomic E-state index is -2.72. The first-order chi connectivity index (χ1) is 12.7. The summed E-state index contributed by atoms with van der Waals surface area (Å²) in [7, 11) is 0. The standard InChI is InChI=1S/C19H25F2N5O/c1-19(2,3)15-4-5-16(24-23-15)25-8-6-13(7-9-25)11-26-12-22-14(18(20)21)10-17(26)27/h4-5,10,12-13,18H,6-9,11H2,1-3H3. The number of halogens is 2. The van der Waals surface area contributed by atoms with Gasteiger partial charge in [-0.25, -0.2) is 13.8 Å². The first-order valence-corrected chi connectivity index (χ1v) is 9.18. The quantitative estimate of drug-likeness (QED) is 0.819. The molecule has 0 saturated carbocycles. The summed E-state index contributed by atoms with van der Waals surface area (Å²) >= 11 is 0. The lowest BCUT2D eigenvalue weighted by atomic mass is 9.92. The van der Waals surface area contributed by atoms with Crippen molar-refractivity contribution in [1.82, 2.24) is 19.7 Å². The van der Waals surface area contributed by atoms with Crippen LogP contribution in [0.25, 0.3) is 0 Å². The third-order valence-electron chi connectivity index (χ3n) is 4.94. The van der Waals surface area contributed by atoms with E-state index in [-0.39, 0.29) is 5.41 Å². The van der Waals surface area contributed by atoms with E-state index in [1.807, 2.05) is 12.1 Å². The molecule has 0 aliphatic carbocycles. The molecule has 3 heterocycles. The van der Waals surface area contributed by atoms with Crippen LogP contribution >= 0.6 is 0 Å². The van der Waals surface area contributed by atoms with Gasteiger partial charge in [0.2, 0.25) is 0 Å². The van der Waals surface area contributed by atoms with Crippen molar-refractivity contribution in [1.29, 1.82) is 0 Å². The molecule has 1 saturated heterocycles. The van der Waals surface area contributed by atoms with Crippen LogP contribution in [0.1, 0.15) is 51.4 Å². The molecule has 2 aromatic rings. The number of aromatic nitrogens is 4. The number of alkyl halides is 2. The SMILES string of the molecule is CC(C)(C)c1ccc(N2CCC(Cn3cnc(C(F)F)cc3=O)CC2)nn1. The van der Waals surface area contributed by atoms with Crippen LogP contribution in [-0.4, -0.2) is 32.8 Å². The Morgan fingerprint density at radius 3 is 2.41 bits per heavy atom. The van der Waals surface area contributed by atoms with E-state index in [0.717, 1.165) is 43.5 Å². The Balaban J connectivity index is 1.58. The van der Waals surface area contributed by atoms with E-state index in [1.165, 1.54) is 10.9 Å². The lowest BCUT2D eigenvalue weighted by molar-refractivity contribution is 0.145. The molecule has 0 spiro atoms. The Bertz CT molecular complexity index is 821. The topological polar surface area (TPSA) is 63.9 Å². The Labute approximate surface area is 157 Å². The molecular formula is C19H25F2N5O. The molecule has 3 rings (SSSR count). The van der Waals surface area contributed by atoms with E-state index in [4.69, 9.17) is 0 Å². The number of nitrogens with zero attached hydrogens (tertiary/aromatic N) is 5. The molecule has 0 unspecified atom stereocenters. The molecular weight excluding hydrogens is 352 g/mol. The fourth-order valence-corrected chi connectivity index (χ4v) is 3.21. The van der Waals surface area contributed by atoms with Crippen LogP contribution < -0.4 is 10.5 Å². The highest BCUT2D eigenvalue weighted by Gasteiger charge is 2.22. The van der Waals surface area contributed by atoms with E-state index in [9.17, 15) is 13.6 Å². The summed E-state index contributed by atoms with van der Waals surface area (Å²) < 4.78 is 26.6. The van der Waals surface area contributed by atoms with Crippen molar-refractivity contribution in [3.63, 3.8) is 0 Å². The maximum absolute atomic E-state index is 12.6. The molecule has 2 aromatic heterocycles. The molecule has 0 radical (unpaired) electrons. The molecule has 0 bridgehead atoms. The van der Waals surface area contributed by atoms with Crippen LogP contribution in [0.15, 0.2) is 29.3 Å². The summed E-state index contributed by atoms with van der Waals surface area (Å²) in [5.41, 5.74) is 0.0367. The van der Waals surface area contributed by atoms with Gasteiger partial charge in [0, 0.05) is 31.1 Å². The smallest absolute Gasteiger partial charge is 0.280 e. The normalized spacial score (nSPS) is 16.1. The van der Waals surface area contributed by atoms with Gasteiger partial charge in [0.1, 0.15) is 5.69 Å². The van der Waals surface area contributed by atoms with Gasteiger partial charge in [-0.15, -0.1) is 5.10 Å². The van der Waals surface area contributed by atoms with Gasteiger partial charge in [0.25, 0.3) is 12.0 Å². The second kappa shape index (κ2) is 7.70. The minimum absolute atomic E-state index is 0.0281. The highest BCUT2D eigenvalue weighted by atomic mass is 19.3. The predicted octanol–water partition coefficient (Wildman–Crippen LogP) is 3.19. The summed E-state index contributed by atoms with van der Waals surface area (Å²) in [6, 6.07) is 4.95. The monoisotopic (exact) mass is 377 g/mol. The first-order valence-electron chi connectivity index (χ1n) is 9.18. The van der Waals surface area contributed by atoms with Crippen molar-refractivity contribution in [2.45, 2.75) is 52.0 Å². The average molecular weight is 377 g/mol. The summed E-state index contributed by atoms with van der Waals surface area (Å²) in [6.07, 6.45) is 0.297. The van der Waals surface area contributed by atoms with E-state index in [2.05, 4.69) is 40.9 Å². The number of rotatable bonds is 4. The number of piperidine rings is 1. The van der Waals surface area contributed by atoms with Gasteiger partial charge in [-0.05, 0) is 30.9 Å². The highest BCUT2D eigenvalue weighted by molar-refractivity contribution is 5.38. The third-order valence-corrected chi connectivity index (χ3v) is 4.94. The number of hydrogen-bond acceptors (Lipinski definition) is 5. The maximum Gasteiger partial charge on any atom is 0.280 e. The zero-order valence-electron chi connectivity index (χ0n) is 15.9. The van der Waals surface area contributed by atoms with Crippen LogP contribution in [-0.2, 0) is 12.0 Å². The summed E-state index contributed by atoms with van der Waals surface area (Å²) in [5, 5.41) is 8.70. The van der Waals surface area contributed by atoms with E-state index >= 15 is 0 Å². The number of hydrogen-bond donors (Lipinski definition) is 0. The van der Waals surface area contributed by atoms with Gasteiger partial charge in [-0.2, -0.15) is 5.10 Å². The molecule has 1 aliphatic rings. The largest absolute Gasteiger partial charge is 0.355 e. The molecule has 27 heavy (non-hydrogen) atoms. The molecule has 0 N–H and O–H groups in total. The summed E-state index contributed by atoms with van der Waals surface area (Å²) in [6.45, 7) is 8.46. The van der Waals surface area contributed by atoms with Crippen molar-refractivity contribution in [2.24, 2.45) is 5.92 Å².